The van der Waals surface area contributed by atoms with Crippen LogP contribution in [0.3, 0.4) is 0 Å². The number of amides is 1. The van der Waals surface area contributed by atoms with Crippen molar-refractivity contribution in [2.24, 2.45) is 0 Å². The molecule has 0 fully saturated rings. The monoisotopic (exact) mass is 468 g/mol. The number of thioether (sulfide) groups is 1. The molecule has 0 saturated heterocycles. The smallest absolute Gasteiger partial charge is 0.236 e. The van der Waals surface area contributed by atoms with E-state index in [0.717, 1.165) is 16.9 Å². The van der Waals surface area contributed by atoms with E-state index in [0.29, 0.717) is 27.6 Å². The van der Waals surface area contributed by atoms with Gasteiger partial charge in [-0.05, 0) is 50.2 Å². The fourth-order valence-corrected chi connectivity index (χ4v) is 3.61. The second kappa shape index (κ2) is 9.88. The van der Waals surface area contributed by atoms with Crippen molar-refractivity contribution in [1.29, 1.82) is 0 Å². The molecule has 0 radical (unpaired) electrons. The molecule has 10 heteroatoms. The molecule has 0 spiro atoms. The number of ether oxygens (including phenoxy) is 1. The Labute approximate surface area is 194 Å². The Morgan fingerprint density at radius 1 is 1.16 bits per heavy atom. The summed E-state index contributed by atoms with van der Waals surface area (Å²) >= 11 is 7.10. The molecule has 0 aliphatic rings. The van der Waals surface area contributed by atoms with E-state index in [1.54, 1.807) is 28.9 Å². The number of aromatic nitrogens is 5. The Morgan fingerprint density at radius 2 is 1.91 bits per heavy atom. The SMILES string of the molecule is Cc1ccc(-n2nc(C)cc2NC(=O)CSc2n[nH]c(COc3ccc(Cl)cc3)n2)cc1. The first-order chi connectivity index (χ1) is 15.5. The lowest BCUT2D eigenvalue weighted by Crippen LogP contribution is -2.17. The van der Waals surface area contributed by atoms with Crippen LogP contribution >= 0.6 is 23.4 Å². The van der Waals surface area contributed by atoms with Crippen LogP contribution in [0.15, 0.2) is 59.8 Å². The van der Waals surface area contributed by atoms with E-state index in [4.69, 9.17) is 16.3 Å². The summed E-state index contributed by atoms with van der Waals surface area (Å²) in [6.07, 6.45) is 0. The van der Waals surface area contributed by atoms with Gasteiger partial charge in [-0.1, -0.05) is 41.1 Å². The van der Waals surface area contributed by atoms with Crippen molar-refractivity contribution < 1.29 is 9.53 Å². The topological polar surface area (TPSA) is 97.7 Å². The summed E-state index contributed by atoms with van der Waals surface area (Å²) in [6.45, 7) is 4.14. The van der Waals surface area contributed by atoms with E-state index in [1.165, 1.54) is 11.8 Å². The lowest BCUT2D eigenvalue weighted by molar-refractivity contribution is -0.113. The summed E-state index contributed by atoms with van der Waals surface area (Å²) in [7, 11) is 0. The highest BCUT2D eigenvalue weighted by Crippen LogP contribution is 2.20. The number of halogens is 1. The van der Waals surface area contributed by atoms with Crippen molar-refractivity contribution in [3.63, 3.8) is 0 Å². The van der Waals surface area contributed by atoms with Crippen LogP contribution in [0.25, 0.3) is 5.69 Å². The van der Waals surface area contributed by atoms with Gasteiger partial charge in [-0.25, -0.2) is 9.67 Å². The van der Waals surface area contributed by atoms with Crippen molar-refractivity contribution in [2.45, 2.75) is 25.6 Å². The van der Waals surface area contributed by atoms with Gasteiger partial charge in [0.1, 0.15) is 18.2 Å². The number of carbonyl (C=O) groups is 1. The maximum absolute atomic E-state index is 12.5. The maximum atomic E-state index is 12.5. The number of nitrogens with one attached hydrogen (secondary N) is 2. The molecule has 2 aromatic carbocycles. The summed E-state index contributed by atoms with van der Waals surface area (Å²) < 4.78 is 7.36. The number of anilines is 1. The summed E-state index contributed by atoms with van der Waals surface area (Å²) in [5, 5.41) is 15.5. The highest BCUT2D eigenvalue weighted by Gasteiger charge is 2.13. The van der Waals surface area contributed by atoms with Gasteiger partial charge in [-0.2, -0.15) is 5.10 Å². The van der Waals surface area contributed by atoms with Gasteiger partial charge in [0.15, 0.2) is 5.82 Å². The molecular weight excluding hydrogens is 448 g/mol. The number of aromatic amines is 1. The number of nitrogens with zero attached hydrogens (tertiary/aromatic N) is 4. The number of hydrogen-bond donors (Lipinski definition) is 2. The van der Waals surface area contributed by atoms with Gasteiger partial charge in [-0.3, -0.25) is 9.89 Å². The van der Waals surface area contributed by atoms with Crippen molar-refractivity contribution in [3.05, 3.63) is 76.7 Å². The first-order valence-electron chi connectivity index (χ1n) is 9.82. The first kappa shape index (κ1) is 21.9. The first-order valence-corrected chi connectivity index (χ1v) is 11.2. The van der Waals surface area contributed by atoms with Crippen molar-refractivity contribution in [2.75, 3.05) is 11.1 Å². The quantitative estimate of drug-likeness (QED) is 0.367. The Morgan fingerprint density at radius 3 is 2.66 bits per heavy atom. The van der Waals surface area contributed by atoms with Gasteiger partial charge < -0.3 is 10.1 Å². The normalized spacial score (nSPS) is 10.8. The summed E-state index contributed by atoms with van der Waals surface area (Å²) in [5.74, 6) is 1.85. The molecule has 0 atom stereocenters. The third-order valence-corrected chi connectivity index (χ3v) is 5.51. The van der Waals surface area contributed by atoms with Gasteiger partial charge in [0, 0.05) is 11.1 Å². The van der Waals surface area contributed by atoms with Gasteiger partial charge in [-0.15, -0.1) is 5.10 Å². The van der Waals surface area contributed by atoms with E-state index >= 15 is 0 Å². The van der Waals surface area contributed by atoms with E-state index < -0.39 is 0 Å². The fourth-order valence-electron chi connectivity index (χ4n) is 2.87. The molecule has 4 rings (SSSR count). The Kier molecular flexibility index (Phi) is 6.77. The third-order valence-electron chi connectivity index (χ3n) is 4.41. The summed E-state index contributed by atoms with van der Waals surface area (Å²) in [5.41, 5.74) is 2.85. The van der Waals surface area contributed by atoms with E-state index in [1.807, 2.05) is 44.2 Å². The van der Waals surface area contributed by atoms with Gasteiger partial charge in [0.2, 0.25) is 11.1 Å². The van der Waals surface area contributed by atoms with Crippen LogP contribution in [-0.2, 0) is 11.4 Å². The van der Waals surface area contributed by atoms with Crippen LogP contribution in [0, 0.1) is 13.8 Å². The Bertz CT molecular complexity index is 1200. The molecule has 2 N–H and O–H groups in total. The van der Waals surface area contributed by atoms with Crippen LogP contribution < -0.4 is 10.1 Å². The van der Waals surface area contributed by atoms with Crippen molar-refractivity contribution in [3.8, 4) is 11.4 Å². The molecule has 1 amide bonds. The molecule has 8 nitrogen and oxygen atoms in total. The van der Waals surface area contributed by atoms with Crippen LogP contribution in [-0.4, -0.2) is 36.6 Å². The zero-order valence-corrected chi connectivity index (χ0v) is 19.1. The number of rotatable bonds is 8. The summed E-state index contributed by atoms with van der Waals surface area (Å²) in [4.78, 5) is 16.9. The van der Waals surface area contributed by atoms with Crippen molar-refractivity contribution in [1.82, 2.24) is 25.0 Å². The third kappa shape index (κ3) is 5.68. The average Bonchev–Trinajstić information content (AvgIpc) is 3.38. The van der Waals surface area contributed by atoms with Crippen LogP contribution in [0.5, 0.6) is 5.75 Å². The molecule has 0 unspecified atom stereocenters. The maximum Gasteiger partial charge on any atom is 0.236 e. The fraction of sp³-hybridized carbons (Fsp3) is 0.182. The van der Waals surface area contributed by atoms with Gasteiger partial charge in [0.05, 0.1) is 17.1 Å². The zero-order chi connectivity index (χ0) is 22.5. The standard InChI is InChI=1S/C22H21ClN6O2S/c1-14-3-7-17(8-4-14)29-20(11-15(2)28-29)25-21(30)13-32-22-24-19(26-27-22)12-31-18-9-5-16(23)6-10-18/h3-11H,12-13H2,1-2H3,(H,25,30)(H,24,26,27). The Hall–Kier alpha value is -3.30. The molecule has 164 valence electrons. The molecule has 4 aromatic rings. The number of aryl methyl sites for hydroxylation is 2. The molecule has 2 heterocycles. The molecule has 0 saturated carbocycles. The van der Waals surface area contributed by atoms with Crippen LogP contribution in [0.1, 0.15) is 17.1 Å². The van der Waals surface area contributed by atoms with Crippen LogP contribution in [0.2, 0.25) is 5.02 Å². The van der Waals surface area contributed by atoms with Crippen LogP contribution in [0.4, 0.5) is 5.82 Å². The van der Waals surface area contributed by atoms with Gasteiger partial charge in [0.25, 0.3) is 0 Å². The minimum Gasteiger partial charge on any atom is -0.486 e. The number of carbonyl (C=O) groups excluding carboxylic acids is 1. The minimum atomic E-state index is -0.174. The lowest BCUT2D eigenvalue weighted by atomic mass is 10.2. The van der Waals surface area contributed by atoms with Crippen molar-refractivity contribution >= 4 is 35.1 Å². The zero-order valence-electron chi connectivity index (χ0n) is 17.5. The average molecular weight is 469 g/mol. The predicted octanol–water partition coefficient (Wildman–Crippen LogP) is 4.57. The summed E-state index contributed by atoms with van der Waals surface area (Å²) in [6, 6.07) is 16.8. The van der Waals surface area contributed by atoms with E-state index in [2.05, 4.69) is 25.6 Å². The lowest BCUT2D eigenvalue weighted by Gasteiger charge is -2.08. The number of H-pyrrole nitrogens is 1. The molecule has 32 heavy (non-hydrogen) atoms. The molecule has 2 aromatic heterocycles. The highest BCUT2D eigenvalue weighted by atomic mass is 35.5. The Balaban J connectivity index is 1.31. The second-order valence-corrected chi connectivity index (χ2v) is 8.44. The minimum absolute atomic E-state index is 0.160. The molecule has 0 aliphatic heterocycles. The molecule has 0 bridgehead atoms. The number of hydrogen-bond acceptors (Lipinski definition) is 6. The number of benzene rings is 2. The molecule has 0 aliphatic carbocycles. The highest BCUT2D eigenvalue weighted by molar-refractivity contribution is 7.99. The van der Waals surface area contributed by atoms with Gasteiger partial charge >= 0.3 is 0 Å². The van der Waals surface area contributed by atoms with E-state index in [-0.39, 0.29) is 18.3 Å². The molecular formula is C22H21ClN6O2S. The predicted molar refractivity (Wildman–Crippen MR) is 125 cm³/mol. The second-order valence-electron chi connectivity index (χ2n) is 7.06. The van der Waals surface area contributed by atoms with E-state index in [9.17, 15) is 4.79 Å². The largest absolute Gasteiger partial charge is 0.486 e.